The molecule has 0 radical (unpaired) electrons. The van der Waals surface area contributed by atoms with Crippen LogP contribution in [-0.4, -0.2) is 32.5 Å². The molecule has 0 fully saturated rings. The number of aliphatic hydroxyl groups is 1. The molecule has 0 aliphatic carbocycles. The van der Waals surface area contributed by atoms with Gasteiger partial charge in [-0.3, -0.25) is 9.69 Å². The van der Waals surface area contributed by atoms with E-state index in [4.69, 9.17) is 16.2 Å². The van der Waals surface area contributed by atoms with E-state index in [9.17, 15) is 18.7 Å². The molecule has 0 saturated carbocycles. The average molecular weight is 520 g/mol. The van der Waals surface area contributed by atoms with Gasteiger partial charge < -0.3 is 21.3 Å². The summed E-state index contributed by atoms with van der Waals surface area (Å²) in [5, 5.41) is 11.8. The molecule has 0 saturated heterocycles. The van der Waals surface area contributed by atoms with E-state index in [0.717, 1.165) is 23.3 Å². The highest BCUT2D eigenvalue weighted by Gasteiger charge is 2.28. The summed E-state index contributed by atoms with van der Waals surface area (Å²) in [7, 11) is 0. The van der Waals surface area contributed by atoms with Crippen molar-refractivity contribution in [2.75, 3.05) is 12.3 Å². The highest BCUT2D eigenvalue weighted by atomic mass is 19.2. The molecule has 38 heavy (non-hydrogen) atoms. The quantitative estimate of drug-likeness (QED) is 0.299. The van der Waals surface area contributed by atoms with Crippen molar-refractivity contribution < 1.29 is 23.4 Å². The lowest BCUT2D eigenvalue weighted by Crippen LogP contribution is -2.24. The summed E-state index contributed by atoms with van der Waals surface area (Å²) >= 11 is 0. The van der Waals surface area contributed by atoms with Gasteiger partial charge in [0, 0.05) is 30.5 Å². The van der Waals surface area contributed by atoms with Gasteiger partial charge in [-0.25, -0.2) is 18.7 Å². The zero-order valence-corrected chi connectivity index (χ0v) is 20.5. The number of nitrogens with two attached hydrogens (primary N) is 2. The van der Waals surface area contributed by atoms with Crippen LogP contribution in [0.1, 0.15) is 41.5 Å². The molecule has 10 heteroatoms. The Balaban J connectivity index is 1.52. The first-order valence-electron chi connectivity index (χ1n) is 12.2. The Morgan fingerprint density at radius 1 is 1.05 bits per heavy atom. The van der Waals surface area contributed by atoms with Crippen LogP contribution in [0.25, 0.3) is 22.0 Å². The second-order valence-corrected chi connectivity index (χ2v) is 9.22. The number of aromatic nitrogens is 2. The number of nitrogens with zero attached hydrogens (tertiary/aromatic N) is 3. The van der Waals surface area contributed by atoms with Gasteiger partial charge in [0.2, 0.25) is 5.95 Å². The van der Waals surface area contributed by atoms with Gasteiger partial charge in [-0.05, 0) is 59.5 Å². The Labute approximate surface area is 217 Å². The van der Waals surface area contributed by atoms with Gasteiger partial charge in [0.05, 0.1) is 11.2 Å². The summed E-state index contributed by atoms with van der Waals surface area (Å²) in [4.78, 5) is 22.5. The van der Waals surface area contributed by atoms with Crippen molar-refractivity contribution in [3.05, 3.63) is 88.6 Å². The maximum absolute atomic E-state index is 14.3. The Hall–Kier alpha value is -3.99. The molecule has 0 bridgehead atoms. The number of rotatable bonds is 8. The first-order chi connectivity index (χ1) is 18.3. The van der Waals surface area contributed by atoms with E-state index in [1.165, 1.54) is 0 Å². The van der Waals surface area contributed by atoms with E-state index < -0.39 is 23.8 Å². The third-order valence-electron chi connectivity index (χ3n) is 6.63. The van der Waals surface area contributed by atoms with Crippen LogP contribution in [0, 0.1) is 11.6 Å². The van der Waals surface area contributed by atoms with E-state index in [-0.39, 0.29) is 24.5 Å². The van der Waals surface area contributed by atoms with Crippen LogP contribution in [0.3, 0.4) is 0 Å². The third-order valence-corrected chi connectivity index (χ3v) is 6.63. The molecule has 1 aliphatic heterocycles. The second kappa shape index (κ2) is 10.8. The van der Waals surface area contributed by atoms with Crippen LogP contribution >= 0.6 is 0 Å². The van der Waals surface area contributed by atoms with Crippen molar-refractivity contribution >= 4 is 22.8 Å². The minimum atomic E-state index is -1.08. The number of halogens is 2. The van der Waals surface area contributed by atoms with E-state index in [1.54, 1.807) is 18.2 Å². The largest absolute Gasteiger partial charge is 0.461 e. The summed E-state index contributed by atoms with van der Waals surface area (Å²) in [5.41, 5.74) is 15.6. The number of hydrogen-bond donors (Lipinski definition) is 3. The fraction of sp³-hybridized carbons (Fsp3) is 0.250. The van der Waals surface area contributed by atoms with Gasteiger partial charge in [0.25, 0.3) is 0 Å². The maximum atomic E-state index is 14.3. The molecule has 196 valence electrons. The SMILES string of the molecule is NCCCC(=O)OCc1cc(F)c(F)cc1-c1ccc2nc(N)nc(C(O)N3Cc4ccccc4C3)c2c1. The third kappa shape index (κ3) is 5.19. The van der Waals surface area contributed by atoms with E-state index in [1.807, 2.05) is 29.2 Å². The average Bonchev–Trinajstić information content (AvgIpc) is 3.35. The molecule has 3 aromatic carbocycles. The fourth-order valence-corrected chi connectivity index (χ4v) is 4.69. The first kappa shape index (κ1) is 25.7. The molecule has 8 nitrogen and oxygen atoms in total. The topological polar surface area (TPSA) is 128 Å². The molecule has 1 aliphatic rings. The first-order valence-corrected chi connectivity index (χ1v) is 12.2. The van der Waals surface area contributed by atoms with Crippen molar-refractivity contribution in [1.82, 2.24) is 14.9 Å². The summed E-state index contributed by atoms with van der Waals surface area (Å²) < 4.78 is 33.8. The van der Waals surface area contributed by atoms with Crippen LogP contribution in [0.15, 0.2) is 54.6 Å². The minimum absolute atomic E-state index is 0.00826. The van der Waals surface area contributed by atoms with Gasteiger partial charge in [-0.1, -0.05) is 30.3 Å². The number of carbonyl (C=O) groups is 1. The predicted octanol–water partition coefficient (Wildman–Crippen LogP) is 3.95. The molecule has 5 N–H and O–H groups in total. The molecular weight excluding hydrogens is 492 g/mol. The number of fused-ring (bicyclic) bond motifs is 2. The molecular formula is C28H27F2N5O3. The summed E-state index contributed by atoms with van der Waals surface area (Å²) in [6, 6.07) is 15.1. The molecule has 2 heterocycles. The van der Waals surface area contributed by atoms with E-state index in [0.29, 0.717) is 53.8 Å². The van der Waals surface area contributed by atoms with Gasteiger partial charge in [-0.2, -0.15) is 0 Å². The predicted molar refractivity (Wildman–Crippen MR) is 138 cm³/mol. The zero-order valence-electron chi connectivity index (χ0n) is 20.5. The van der Waals surface area contributed by atoms with Crippen molar-refractivity contribution in [2.24, 2.45) is 5.73 Å². The molecule has 1 aromatic heterocycles. The lowest BCUT2D eigenvalue weighted by Gasteiger charge is -2.23. The minimum Gasteiger partial charge on any atom is -0.461 e. The summed E-state index contributed by atoms with van der Waals surface area (Å²) in [6.45, 7) is 1.16. The second-order valence-electron chi connectivity index (χ2n) is 9.22. The Bertz CT molecular complexity index is 1490. The number of anilines is 1. The number of benzene rings is 3. The zero-order chi connectivity index (χ0) is 26.8. The normalized spacial score (nSPS) is 14.0. The number of esters is 1. The molecule has 4 aromatic rings. The summed E-state index contributed by atoms with van der Waals surface area (Å²) in [6.07, 6.45) is -0.491. The highest BCUT2D eigenvalue weighted by molar-refractivity contribution is 5.88. The van der Waals surface area contributed by atoms with Crippen LogP contribution in [-0.2, 0) is 29.2 Å². The monoisotopic (exact) mass is 519 g/mol. The van der Waals surface area contributed by atoms with Gasteiger partial charge in [-0.15, -0.1) is 0 Å². The highest BCUT2D eigenvalue weighted by Crippen LogP contribution is 2.35. The molecule has 1 atom stereocenters. The molecule has 1 unspecified atom stereocenters. The standard InChI is InChI=1S/C28H27F2N5O3/c29-22-11-19(15-38-25(36)6-3-9-31)20(12-23(22)30)16-7-8-24-21(10-16)26(34-28(32)33-24)27(37)35-13-17-4-1-2-5-18(17)14-35/h1-2,4-5,7-8,10-12,27,37H,3,6,9,13-15,31H2,(H2,32,33,34). The van der Waals surface area contributed by atoms with E-state index >= 15 is 0 Å². The van der Waals surface area contributed by atoms with Crippen LogP contribution in [0.4, 0.5) is 14.7 Å². The number of nitrogen functional groups attached to an aromatic ring is 1. The van der Waals surface area contributed by atoms with E-state index in [2.05, 4.69) is 9.97 Å². The number of aliphatic hydroxyl groups excluding tert-OH is 1. The van der Waals surface area contributed by atoms with Crippen molar-refractivity contribution in [1.29, 1.82) is 0 Å². The molecule has 0 spiro atoms. The van der Waals surface area contributed by atoms with Crippen molar-refractivity contribution in [3.63, 3.8) is 0 Å². The van der Waals surface area contributed by atoms with Gasteiger partial charge in [0.1, 0.15) is 6.61 Å². The lowest BCUT2D eigenvalue weighted by molar-refractivity contribution is -0.145. The molecule has 0 amide bonds. The number of carbonyl (C=O) groups excluding carboxylic acids is 1. The maximum Gasteiger partial charge on any atom is 0.306 e. The Morgan fingerprint density at radius 3 is 2.47 bits per heavy atom. The van der Waals surface area contributed by atoms with Gasteiger partial charge >= 0.3 is 5.97 Å². The summed E-state index contributed by atoms with van der Waals surface area (Å²) in [5.74, 6) is -2.57. The van der Waals surface area contributed by atoms with Crippen molar-refractivity contribution in [3.8, 4) is 11.1 Å². The number of ether oxygens (including phenoxy) is 1. The lowest BCUT2D eigenvalue weighted by atomic mass is 9.97. The van der Waals surface area contributed by atoms with Gasteiger partial charge in [0.15, 0.2) is 17.9 Å². The number of hydrogen-bond acceptors (Lipinski definition) is 8. The molecule has 5 rings (SSSR count). The Morgan fingerprint density at radius 2 is 1.76 bits per heavy atom. The van der Waals surface area contributed by atoms with Crippen LogP contribution < -0.4 is 11.5 Å². The van der Waals surface area contributed by atoms with Crippen LogP contribution in [0.5, 0.6) is 0 Å². The van der Waals surface area contributed by atoms with Crippen molar-refractivity contribution in [2.45, 2.75) is 38.8 Å². The van der Waals surface area contributed by atoms with Crippen LogP contribution in [0.2, 0.25) is 0 Å². The smallest absolute Gasteiger partial charge is 0.306 e. The Kier molecular flexibility index (Phi) is 7.28. The fourth-order valence-electron chi connectivity index (χ4n) is 4.69.